The Morgan fingerprint density at radius 2 is 2.30 bits per heavy atom. The number of hydrogen-bond acceptors (Lipinski definition) is 4. The van der Waals surface area contributed by atoms with E-state index >= 15 is 0 Å². The van der Waals surface area contributed by atoms with Gasteiger partial charge in [-0.3, -0.25) is 0 Å². The molecule has 124 valence electrons. The van der Waals surface area contributed by atoms with E-state index in [0.717, 1.165) is 21.3 Å². The standard InChI is InChI=1S/C17H20BrNO4/c1-19(21)6-5-17-4-3-10(20)7-14(17)23-16-13(22-2)8-12(18)11(9-19)15(16)17/h3-4,8,10,14,20H,5-7,9H2,1-2H3/t10-,14-,17-,19?/m0/s1. The van der Waals surface area contributed by atoms with Gasteiger partial charge < -0.3 is 24.4 Å². The molecule has 2 heterocycles. The Morgan fingerprint density at radius 1 is 1.52 bits per heavy atom. The molecule has 2 aliphatic heterocycles. The van der Waals surface area contributed by atoms with E-state index in [0.29, 0.717) is 31.7 Å². The van der Waals surface area contributed by atoms with E-state index < -0.39 is 6.10 Å². The molecule has 23 heavy (non-hydrogen) atoms. The number of methoxy groups -OCH3 is 1. The van der Waals surface area contributed by atoms with Gasteiger partial charge in [-0.15, -0.1) is 0 Å². The van der Waals surface area contributed by atoms with Crippen LogP contribution in [0.3, 0.4) is 0 Å². The van der Waals surface area contributed by atoms with Crippen LogP contribution in [0, 0.1) is 5.21 Å². The zero-order valence-electron chi connectivity index (χ0n) is 13.2. The fraction of sp³-hybridized carbons (Fsp3) is 0.529. The molecule has 1 N–H and O–H groups in total. The van der Waals surface area contributed by atoms with Crippen molar-refractivity contribution in [3.8, 4) is 11.5 Å². The number of rotatable bonds is 1. The first-order valence-electron chi connectivity index (χ1n) is 7.86. The molecule has 1 aliphatic carbocycles. The van der Waals surface area contributed by atoms with Gasteiger partial charge in [0.1, 0.15) is 12.6 Å². The minimum atomic E-state index is -0.505. The van der Waals surface area contributed by atoms with E-state index in [4.69, 9.17) is 9.47 Å². The maximum atomic E-state index is 12.8. The van der Waals surface area contributed by atoms with E-state index in [2.05, 4.69) is 22.0 Å². The molecule has 5 nitrogen and oxygen atoms in total. The summed E-state index contributed by atoms with van der Waals surface area (Å²) in [7, 11) is 3.34. The molecule has 0 saturated carbocycles. The fourth-order valence-electron chi connectivity index (χ4n) is 4.21. The number of hydrogen-bond donors (Lipinski definition) is 1. The Bertz CT molecular complexity index is 702. The van der Waals surface area contributed by atoms with E-state index in [1.807, 2.05) is 12.1 Å². The van der Waals surface area contributed by atoms with Crippen LogP contribution in [0.15, 0.2) is 22.7 Å². The molecule has 3 aliphatic rings. The summed E-state index contributed by atoms with van der Waals surface area (Å²) < 4.78 is 12.3. The van der Waals surface area contributed by atoms with E-state index in [9.17, 15) is 10.3 Å². The summed E-state index contributed by atoms with van der Waals surface area (Å²) in [5, 5.41) is 22.8. The van der Waals surface area contributed by atoms with Crippen molar-refractivity contribution in [3.63, 3.8) is 0 Å². The van der Waals surface area contributed by atoms with Crippen molar-refractivity contribution < 1.29 is 19.2 Å². The van der Waals surface area contributed by atoms with Crippen molar-refractivity contribution in [2.45, 2.75) is 37.0 Å². The monoisotopic (exact) mass is 381 g/mol. The number of benzene rings is 1. The van der Waals surface area contributed by atoms with Crippen molar-refractivity contribution in [2.24, 2.45) is 0 Å². The molecule has 0 radical (unpaired) electrons. The Morgan fingerprint density at radius 3 is 3.04 bits per heavy atom. The molecule has 0 saturated heterocycles. The average molecular weight is 382 g/mol. The molecule has 1 aromatic carbocycles. The van der Waals surface area contributed by atoms with Gasteiger partial charge in [0.2, 0.25) is 0 Å². The third-order valence-electron chi connectivity index (χ3n) is 5.38. The van der Waals surface area contributed by atoms with Crippen molar-refractivity contribution in [1.29, 1.82) is 0 Å². The molecule has 0 bridgehead atoms. The highest BCUT2D eigenvalue weighted by molar-refractivity contribution is 9.10. The molecule has 4 rings (SSSR count). The van der Waals surface area contributed by atoms with Gasteiger partial charge in [-0.25, -0.2) is 0 Å². The molecule has 6 heteroatoms. The second kappa shape index (κ2) is 4.96. The number of nitrogens with zero attached hydrogens (tertiary/aromatic N) is 1. The third-order valence-corrected chi connectivity index (χ3v) is 6.09. The van der Waals surface area contributed by atoms with Gasteiger partial charge in [0.25, 0.3) is 0 Å². The van der Waals surface area contributed by atoms with Crippen LogP contribution >= 0.6 is 15.9 Å². The number of aliphatic hydroxyl groups is 1. The van der Waals surface area contributed by atoms with Crippen molar-refractivity contribution in [3.05, 3.63) is 39.0 Å². The Balaban J connectivity index is 2.01. The maximum Gasteiger partial charge on any atom is 0.166 e. The molecule has 1 spiro atoms. The van der Waals surface area contributed by atoms with Crippen LogP contribution in [0.5, 0.6) is 11.5 Å². The quantitative estimate of drug-likeness (QED) is 0.461. The van der Waals surface area contributed by atoms with Gasteiger partial charge in [-0.1, -0.05) is 28.1 Å². The van der Waals surface area contributed by atoms with Crippen LogP contribution in [0.2, 0.25) is 0 Å². The Hall–Kier alpha value is -1.08. The third kappa shape index (κ3) is 2.16. The van der Waals surface area contributed by atoms with Crippen LogP contribution in [0.1, 0.15) is 24.0 Å². The lowest BCUT2D eigenvalue weighted by Gasteiger charge is -2.40. The molecule has 1 unspecified atom stereocenters. The van der Waals surface area contributed by atoms with Crippen LogP contribution in [0.4, 0.5) is 0 Å². The predicted octanol–water partition coefficient (Wildman–Crippen LogP) is 2.63. The smallest absolute Gasteiger partial charge is 0.166 e. The number of hydroxylamine groups is 3. The van der Waals surface area contributed by atoms with Crippen LogP contribution < -0.4 is 9.47 Å². The highest BCUT2D eigenvalue weighted by Crippen LogP contribution is 2.57. The van der Waals surface area contributed by atoms with Crippen molar-refractivity contribution >= 4 is 15.9 Å². The molecular weight excluding hydrogens is 362 g/mol. The second-order valence-electron chi connectivity index (χ2n) is 6.98. The highest BCUT2D eigenvalue weighted by Gasteiger charge is 2.54. The largest absolute Gasteiger partial charge is 0.633 e. The topological polar surface area (TPSA) is 61.8 Å². The summed E-state index contributed by atoms with van der Waals surface area (Å²) in [6, 6.07) is 1.88. The summed E-state index contributed by atoms with van der Waals surface area (Å²) in [5.74, 6) is 1.41. The zero-order chi connectivity index (χ0) is 16.4. The van der Waals surface area contributed by atoms with Crippen molar-refractivity contribution in [1.82, 2.24) is 0 Å². The summed E-state index contributed by atoms with van der Waals surface area (Å²) in [6.07, 6.45) is 4.48. The molecular formula is C17H20BrNO4. The summed E-state index contributed by atoms with van der Waals surface area (Å²) in [5.41, 5.74) is 1.72. The lowest BCUT2D eigenvalue weighted by atomic mass is 9.69. The van der Waals surface area contributed by atoms with Crippen LogP contribution in [-0.2, 0) is 12.0 Å². The SMILES string of the molecule is COc1cc(Br)c2c3c1O[C@H]1C[C@@H](O)C=C[C@@]31CC[N+](C)([O-])C2. The van der Waals surface area contributed by atoms with E-state index in [1.54, 1.807) is 14.2 Å². The van der Waals surface area contributed by atoms with Gasteiger partial charge in [-0.05, 0) is 6.07 Å². The van der Waals surface area contributed by atoms with Gasteiger partial charge in [0.15, 0.2) is 11.5 Å². The van der Waals surface area contributed by atoms with Gasteiger partial charge in [-0.2, -0.15) is 0 Å². The lowest BCUT2D eigenvalue weighted by Crippen LogP contribution is -2.44. The van der Waals surface area contributed by atoms with Gasteiger partial charge in [0.05, 0.1) is 32.2 Å². The average Bonchev–Trinajstić information content (AvgIpc) is 2.76. The fourth-order valence-corrected chi connectivity index (χ4v) is 4.74. The van der Waals surface area contributed by atoms with Crippen LogP contribution in [0.25, 0.3) is 0 Å². The molecule has 0 amide bonds. The second-order valence-corrected chi connectivity index (χ2v) is 7.84. The van der Waals surface area contributed by atoms with Crippen LogP contribution in [-0.4, -0.2) is 42.7 Å². The Kier molecular flexibility index (Phi) is 3.33. The number of ether oxygens (including phenoxy) is 2. The number of halogens is 1. The van der Waals surface area contributed by atoms with Gasteiger partial charge in [0, 0.05) is 28.4 Å². The first kappa shape index (κ1) is 15.4. The van der Waals surface area contributed by atoms with E-state index in [-0.39, 0.29) is 16.2 Å². The minimum Gasteiger partial charge on any atom is -0.633 e. The molecule has 1 aromatic rings. The first-order chi connectivity index (χ1) is 10.9. The summed E-state index contributed by atoms with van der Waals surface area (Å²) in [6.45, 7) is 0.921. The zero-order valence-corrected chi connectivity index (χ0v) is 14.8. The number of aliphatic hydroxyl groups excluding tert-OH is 1. The molecule has 0 fully saturated rings. The summed E-state index contributed by atoms with van der Waals surface area (Å²) >= 11 is 3.62. The first-order valence-corrected chi connectivity index (χ1v) is 8.65. The minimum absolute atomic E-state index is 0.155. The lowest BCUT2D eigenvalue weighted by molar-refractivity contribution is -0.874. The highest BCUT2D eigenvalue weighted by atomic mass is 79.9. The summed E-state index contributed by atoms with van der Waals surface area (Å²) in [4.78, 5) is 0. The Labute approximate surface area is 143 Å². The normalized spacial score (nSPS) is 37.6. The predicted molar refractivity (Wildman–Crippen MR) is 89.3 cm³/mol. The van der Waals surface area contributed by atoms with Gasteiger partial charge >= 0.3 is 0 Å². The number of quaternary nitrogens is 1. The molecule has 4 atom stereocenters. The van der Waals surface area contributed by atoms with Crippen molar-refractivity contribution in [2.75, 3.05) is 20.7 Å². The molecule has 0 aromatic heterocycles. The van der Waals surface area contributed by atoms with E-state index in [1.165, 1.54) is 0 Å². The maximum absolute atomic E-state index is 12.8.